The summed E-state index contributed by atoms with van der Waals surface area (Å²) in [6, 6.07) is 1.68. The van der Waals surface area contributed by atoms with Crippen molar-refractivity contribution in [2.75, 3.05) is 21.2 Å². The zero-order valence-electron chi connectivity index (χ0n) is 9.75. The van der Waals surface area contributed by atoms with E-state index >= 15 is 0 Å². The topological polar surface area (TPSA) is 112 Å². The minimum atomic E-state index is -0.878. The number of nitrogens with zero attached hydrogens (tertiary/aromatic N) is 4. The van der Waals surface area contributed by atoms with Gasteiger partial charge in [0.2, 0.25) is 0 Å². The molecule has 0 bridgehead atoms. The monoisotopic (exact) mass is 239 g/mol. The van der Waals surface area contributed by atoms with E-state index in [1.165, 1.54) is 11.1 Å². The summed E-state index contributed by atoms with van der Waals surface area (Å²) in [5.41, 5.74) is -0.176. The molecule has 0 heterocycles. The quantitative estimate of drug-likeness (QED) is 0.134. The van der Waals surface area contributed by atoms with Crippen LogP contribution in [0.1, 0.15) is 0 Å². The van der Waals surface area contributed by atoms with E-state index in [1.54, 1.807) is 20.2 Å². The zero-order chi connectivity index (χ0) is 13.4. The summed E-state index contributed by atoms with van der Waals surface area (Å²) in [5, 5.41) is 9.18. The first-order chi connectivity index (χ1) is 7.92. The standard InChI is InChI=1S/C9H13N5O3/c1-13(2)5-7(4-10)8(15)12-6-14(11)9(16)17-3/h5-6H,11H2,1-3H3. The van der Waals surface area contributed by atoms with Crippen LogP contribution in [-0.4, -0.2) is 49.5 Å². The van der Waals surface area contributed by atoms with Gasteiger partial charge < -0.3 is 9.64 Å². The highest BCUT2D eigenvalue weighted by Gasteiger charge is 2.10. The number of hydrogen-bond acceptors (Lipinski definition) is 6. The summed E-state index contributed by atoms with van der Waals surface area (Å²) >= 11 is 0. The molecule has 0 aliphatic rings. The highest BCUT2D eigenvalue weighted by atomic mass is 16.5. The molecule has 0 atom stereocenters. The van der Waals surface area contributed by atoms with Crippen LogP contribution in [0.5, 0.6) is 0 Å². The van der Waals surface area contributed by atoms with Crippen molar-refractivity contribution >= 4 is 18.3 Å². The average molecular weight is 239 g/mol. The van der Waals surface area contributed by atoms with Crippen LogP contribution in [-0.2, 0) is 9.53 Å². The molecule has 0 aliphatic heterocycles. The van der Waals surface area contributed by atoms with E-state index in [0.29, 0.717) is 5.01 Å². The molecule has 0 aliphatic carbocycles. The predicted octanol–water partition coefficient (Wildman–Crippen LogP) is -0.548. The van der Waals surface area contributed by atoms with Crippen molar-refractivity contribution in [1.82, 2.24) is 9.91 Å². The number of carbonyl (C=O) groups is 2. The van der Waals surface area contributed by atoms with Crippen LogP contribution in [0.15, 0.2) is 16.8 Å². The van der Waals surface area contributed by atoms with Gasteiger partial charge in [-0.25, -0.2) is 15.6 Å². The van der Waals surface area contributed by atoms with Crippen LogP contribution in [0.25, 0.3) is 0 Å². The minimum absolute atomic E-state index is 0.176. The first-order valence-corrected chi connectivity index (χ1v) is 4.41. The van der Waals surface area contributed by atoms with Gasteiger partial charge in [0.1, 0.15) is 18.0 Å². The highest BCUT2D eigenvalue weighted by molar-refractivity contribution is 6.02. The maximum absolute atomic E-state index is 11.4. The Morgan fingerprint density at radius 1 is 1.47 bits per heavy atom. The van der Waals surface area contributed by atoms with Gasteiger partial charge in [0.15, 0.2) is 0 Å². The third kappa shape index (κ3) is 5.29. The predicted molar refractivity (Wildman–Crippen MR) is 59.3 cm³/mol. The Morgan fingerprint density at radius 3 is 2.47 bits per heavy atom. The van der Waals surface area contributed by atoms with Gasteiger partial charge in [0, 0.05) is 20.3 Å². The van der Waals surface area contributed by atoms with Crippen molar-refractivity contribution < 1.29 is 14.3 Å². The van der Waals surface area contributed by atoms with Gasteiger partial charge in [0.25, 0.3) is 5.91 Å². The summed E-state index contributed by atoms with van der Waals surface area (Å²) in [6.45, 7) is 0. The fourth-order valence-electron chi connectivity index (χ4n) is 0.727. The Kier molecular flexibility index (Phi) is 5.99. The Labute approximate surface area is 98.5 Å². The molecular formula is C9H13N5O3. The Morgan fingerprint density at radius 2 is 2.06 bits per heavy atom. The molecule has 17 heavy (non-hydrogen) atoms. The van der Waals surface area contributed by atoms with Crippen LogP contribution < -0.4 is 5.84 Å². The molecule has 0 aromatic carbocycles. The van der Waals surface area contributed by atoms with E-state index in [4.69, 9.17) is 11.1 Å². The highest BCUT2D eigenvalue weighted by Crippen LogP contribution is 1.97. The van der Waals surface area contributed by atoms with Crippen molar-refractivity contribution in [1.29, 1.82) is 5.26 Å². The molecule has 92 valence electrons. The maximum Gasteiger partial charge on any atom is 0.429 e. The first kappa shape index (κ1) is 14.6. The largest absolute Gasteiger partial charge is 0.452 e. The van der Waals surface area contributed by atoms with Crippen LogP contribution in [0, 0.1) is 11.3 Å². The molecule has 0 aromatic heterocycles. The summed E-state index contributed by atoms with van der Waals surface area (Å²) < 4.78 is 4.27. The normalized spacial score (nSPS) is 10.9. The molecular weight excluding hydrogens is 226 g/mol. The van der Waals surface area contributed by atoms with Gasteiger partial charge in [-0.1, -0.05) is 0 Å². The number of methoxy groups -OCH3 is 1. The number of amides is 2. The van der Waals surface area contributed by atoms with E-state index in [1.807, 2.05) is 0 Å². The third-order valence-corrected chi connectivity index (χ3v) is 1.42. The molecule has 0 saturated carbocycles. The van der Waals surface area contributed by atoms with Gasteiger partial charge in [0.05, 0.1) is 7.11 Å². The molecule has 0 rings (SSSR count). The lowest BCUT2D eigenvalue weighted by Crippen LogP contribution is -2.36. The fourth-order valence-corrected chi connectivity index (χ4v) is 0.727. The second-order valence-electron chi connectivity index (χ2n) is 3.05. The van der Waals surface area contributed by atoms with Crippen molar-refractivity contribution in [3.8, 4) is 6.07 Å². The van der Waals surface area contributed by atoms with Crippen molar-refractivity contribution in [3.05, 3.63) is 11.8 Å². The summed E-state index contributed by atoms with van der Waals surface area (Å²) in [5.74, 6) is 4.36. The molecule has 0 aromatic rings. The van der Waals surface area contributed by atoms with Crippen molar-refractivity contribution in [2.45, 2.75) is 0 Å². The average Bonchev–Trinajstić information content (AvgIpc) is 2.30. The number of hydrazine groups is 1. The second-order valence-corrected chi connectivity index (χ2v) is 3.05. The number of hydrogen-bond donors (Lipinski definition) is 1. The Hall–Kier alpha value is -2.40. The van der Waals surface area contributed by atoms with Crippen LogP contribution >= 0.6 is 0 Å². The number of ether oxygens (including phenoxy) is 1. The molecule has 0 radical (unpaired) electrons. The lowest BCUT2D eigenvalue weighted by Gasteiger charge is -2.07. The molecule has 2 amide bonds. The SMILES string of the molecule is COC(=O)N(N)C=NC(=O)C(C#N)=CN(C)C. The lowest BCUT2D eigenvalue weighted by molar-refractivity contribution is -0.114. The fraction of sp³-hybridized carbons (Fsp3) is 0.333. The molecule has 8 nitrogen and oxygen atoms in total. The summed E-state index contributed by atoms with van der Waals surface area (Å²) in [7, 11) is 4.43. The minimum Gasteiger partial charge on any atom is -0.452 e. The lowest BCUT2D eigenvalue weighted by atomic mass is 10.3. The van der Waals surface area contributed by atoms with Crippen LogP contribution in [0.2, 0.25) is 0 Å². The van der Waals surface area contributed by atoms with Gasteiger partial charge >= 0.3 is 6.09 Å². The molecule has 2 N–H and O–H groups in total. The summed E-state index contributed by atoms with van der Waals surface area (Å²) in [6.07, 6.45) is 1.20. The maximum atomic E-state index is 11.4. The molecule has 0 saturated heterocycles. The number of rotatable bonds is 3. The number of aliphatic imine (C=N–C) groups is 1. The van der Waals surface area contributed by atoms with Gasteiger partial charge in [-0.2, -0.15) is 10.3 Å². The van der Waals surface area contributed by atoms with Crippen molar-refractivity contribution in [2.24, 2.45) is 10.8 Å². The second kappa shape index (κ2) is 6.97. The van der Waals surface area contributed by atoms with Crippen molar-refractivity contribution in [3.63, 3.8) is 0 Å². The Bertz CT molecular complexity index is 394. The van der Waals surface area contributed by atoms with E-state index in [-0.39, 0.29) is 5.57 Å². The van der Waals surface area contributed by atoms with E-state index in [0.717, 1.165) is 13.4 Å². The van der Waals surface area contributed by atoms with Gasteiger partial charge in [-0.15, -0.1) is 0 Å². The zero-order valence-corrected chi connectivity index (χ0v) is 9.75. The Balaban J connectivity index is 4.70. The molecule has 0 fully saturated rings. The molecule has 0 spiro atoms. The number of carbonyl (C=O) groups excluding carboxylic acids is 2. The number of nitriles is 1. The smallest absolute Gasteiger partial charge is 0.429 e. The third-order valence-electron chi connectivity index (χ3n) is 1.42. The van der Waals surface area contributed by atoms with Gasteiger partial charge in [-0.05, 0) is 0 Å². The number of nitrogens with two attached hydrogens (primary N) is 1. The van der Waals surface area contributed by atoms with E-state index < -0.39 is 12.0 Å². The first-order valence-electron chi connectivity index (χ1n) is 4.41. The molecule has 0 unspecified atom stereocenters. The van der Waals surface area contributed by atoms with Crippen LogP contribution in [0.3, 0.4) is 0 Å². The van der Waals surface area contributed by atoms with Gasteiger partial charge in [-0.3, -0.25) is 4.79 Å². The van der Waals surface area contributed by atoms with E-state index in [9.17, 15) is 9.59 Å². The molecule has 8 heteroatoms. The van der Waals surface area contributed by atoms with E-state index in [2.05, 4.69) is 9.73 Å². The summed E-state index contributed by atoms with van der Waals surface area (Å²) in [4.78, 5) is 27.1. The van der Waals surface area contributed by atoms with Crippen LogP contribution in [0.4, 0.5) is 4.79 Å².